The van der Waals surface area contributed by atoms with E-state index in [0.717, 1.165) is 23.1 Å². The number of hydrogen-bond donors (Lipinski definition) is 1. The summed E-state index contributed by atoms with van der Waals surface area (Å²) in [4.78, 5) is 26.1. The Hall–Kier alpha value is -1.68. The van der Waals surface area contributed by atoms with Crippen molar-refractivity contribution in [3.05, 3.63) is 34.9 Å². The molecular weight excluding hydrogens is 288 g/mol. The summed E-state index contributed by atoms with van der Waals surface area (Å²) in [7, 11) is 1.78. The Balaban J connectivity index is 2.49. The number of nitrogens with two attached hydrogens (primary N) is 1. The van der Waals surface area contributed by atoms with Crippen LogP contribution >= 0.6 is 0 Å². The maximum atomic E-state index is 12.3. The second-order valence-electron chi connectivity index (χ2n) is 6.75. The highest BCUT2D eigenvalue weighted by molar-refractivity contribution is 5.99. The predicted molar refractivity (Wildman–Crippen MR) is 94.5 cm³/mol. The van der Waals surface area contributed by atoms with E-state index in [0.29, 0.717) is 12.5 Å². The average Bonchev–Trinajstić information content (AvgIpc) is 2.51. The van der Waals surface area contributed by atoms with Crippen LogP contribution in [-0.4, -0.2) is 36.2 Å². The fraction of sp³-hybridized carbons (Fsp3) is 0.579. The highest BCUT2D eigenvalue weighted by Crippen LogP contribution is 2.14. The third-order valence-corrected chi connectivity index (χ3v) is 4.34. The predicted octanol–water partition coefficient (Wildman–Crippen LogP) is 3.10. The Bertz CT molecular complexity index is 552. The van der Waals surface area contributed by atoms with Crippen molar-refractivity contribution in [2.75, 3.05) is 13.6 Å². The van der Waals surface area contributed by atoms with Crippen molar-refractivity contribution in [3.63, 3.8) is 0 Å². The van der Waals surface area contributed by atoms with Crippen LogP contribution in [0.4, 0.5) is 0 Å². The number of rotatable bonds is 8. The summed E-state index contributed by atoms with van der Waals surface area (Å²) in [5, 5.41) is 0. The molecule has 0 aliphatic heterocycles. The normalized spacial score (nSPS) is 12.3. The summed E-state index contributed by atoms with van der Waals surface area (Å²) < 4.78 is 0. The topological polar surface area (TPSA) is 63.4 Å². The SMILES string of the molecule is Cc1ccc(C)c(C(=O)CCC(=O)N(C)CCC(N)C(C)C)c1. The van der Waals surface area contributed by atoms with Gasteiger partial charge in [0.2, 0.25) is 5.91 Å². The number of amides is 1. The molecule has 0 saturated heterocycles. The minimum absolute atomic E-state index is 0.000359. The van der Waals surface area contributed by atoms with Crippen molar-refractivity contribution in [2.45, 2.75) is 53.0 Å². The van der Waals surface area contributed by atoms with Crippen LogP contribution in [0.15, 0.2) is 18.2 Å². The highest BCUT2D eigenvalue weighted by Gasteiger charge is 2.16. The number of carbonyl (C=O) groups excluding carboxylic acids is 2. The van der Waals surface area contributed by atoms with E-state index >= 15 is 0 Å². The van der Waals surface area contributed by atoms with Gasteiger partial charge in [0.05, 0.1) is 0 Å². The molecule has 0 fully saturated rings. The van der Waals surface area contributed by atoms with Gasteiger partial charge >= 0.3 is 0 Å². The molecular formula is C19H30N2O2. The Labute approximate surface area is 140 Å². The van der Waals surface area contributed by atoms with Gasteiger partial charge in [-0.3, -0.25) is 9.59 Å². The van der Waals surface area contributed by atoms with E-state index in [9.17, 15) is 9.59 Å². The summed E-state index contributed by atoms with van der Waals surface area (Å²) in [6.07, 6.45) is 1.29. The van der Waals surface area contributed by atoms with Crippen LogP contribution in [-0.2, 0) is 4.79 Å². The zero-order chi connectivity index (χ0) is 17.6. The number of benzene rings is 1. The molecule has 1 rings (SSSR count). The molecule has 4 heteroatoms. The molecule has 2 N–H and O–H groups in total. The van der Waals surface area contributed by atoms with Crippen LogP contribution in [0.2, 0.25) is 0 Å². The van der Waals surface area contributed by atoms with E-state index < -0.39 is 0 Å². The molecule has 0 heterocycles. The van der Waals surface area contributed by atoms with E-state index in [1.54, 1.807) is 11.9 Å². The first-order chi connectivity index (χ1) is 10.7. The summed E-state index contributed by atoms with van der Waals surface area (Å²) in [5.74, 6) is 0.441. The zero-order valence-electron chi connectivity index (χ0n) is 15.1. The molecule has 0 aliphatic carbocycles. The lowest BCUT2D eigenvalue weighted by atomic mass is 9.99. The van der Waals surface area contributed by atoms with E-state index in [4.69, 9.17) is 5.73 Å². The largest absolute Gasteiger partial charge is 0.346 e. The molecule has 128 valence electrons. The van der Waals surface area contributed by atoms with Crippen molar-refractivity contribution in [2.24, 2.45) is 11.7 Å². The van der Waals surface area contributed by atoms with Gasteiger partial charge in [-0.25, -0.2) is 0 Å². The number of nitrogens with zero attached hydrogens (tertiary/aromatic N) is 1. The molecule has 4 nitrogen and oxygen atoms in total. The van der Waals surface area contributed by atoms with E-state index in [2.05, 4.69) is 13.8 Å². The molecule has 1 aromatic rings. The van der Waals surface area contributed by atoms with E-state index in [1.165, 1.54) is 0 Å². The fourth-order valence-corrected chi connectivity index (χ4v) is 2.38. The van der Waals surface area contributed by atoms with Crippen LogP contribution in [0.3, 0.4) is 0 Å². The van der Waals surface area contributed by atoms with Crippen LogP contribution < -0.4 is 5.73 Å². The molecule has 1 unspecified atom stereocenters. The van der Waals surface area contributed by atoms with E-state index in [-0.39, 0.29) is 30.6 Å². The van der Waals surface area contributed by atoms with Gasteiger partial charge < -0.3 is 10.6 Å². The number of hydrogen-bond acceptors (Lipinski definition) is 3. The van der Waals surface area contributed by atoms with Crippen molar-refractivity contribution in [1.29, 1.82) is 0 Å². The lowest BCUT2D eigenvalue weighted by Gasteiger charge is -2.21. The highest BCUT2D eigenvalue weighted by atomic mass is 16.2. The molecule has 0 spiro atoms. The molecule has 0 radical (unpaired) electrons. The minimum Gasteiger partial charge on any atom is -0.346 e. The first kappa shape index (κ1) is 19.4. The molecule has 1 aromatic carbocycles. The maximum Gasteiger partial charge on any atom is 0.222 e. The number of ketones is 1. The van der Waals surface area contributed by atoms with Gasteiger partial charge in [0, 0.05) is 38.0 Å². The van der Waals surface area contributed by atoms with Gasteiger partial charge in [0.25, 0.3) is 0 Å². The molecule has 0 saturated carbocycles. The zero-order valence-corrected chi connectivity index (χ0v) is 15.1. The van der Waals surface area contributed by atoms with Crippen LogP contribution in [0, 0.1) is 19.8 Å². The lowest BCUT2D eigenvalue weighted by molar-refractivity contribution is -0.129. The van der Waals surface area contributed by atoms with Crippen LogP contribution in [0.5, 0.6) is 0 Å². The Morgan fingerprint density at radius 1 is 1.17 bits per heavy atom. The van der Waals surface area contributed by atoms with Gasteiger partial charge in [0.15, 0.2) is 5.78 Å². The molecule has 0 aromatic heterocycles. The Morgan fingerprint density at radius 2 is 1.83 bits per heavy atom. The van der Waals surface area contributed by atoms with Gasteiger partial charge in [-0.2, -0.15) is 0 Å². The Morgan fingerprint density at radius 3 is 2.43 bits per heavy atom. The smallest absolute Gasteiger partial charge is 0.222 e. The maximum absolute atomic E-state index is 12.3. The molecule has 23 heavy (non-hydrogen) atoms. The van der Waals surface area contributed by atoms with Crippen molar-refractivity contribution >= 4 is 11.7 Å². The third-order valence-electron chi connectivity index (χ3n) is 4.34. The summed E-state index contributed by atoms with van der Waals surface area (Å²) in [6.45, 7) is 8.68. The first-order valence-corrected chi connectivity index (χ1v) is 8.32. The molecule has 1 amide bonds. The van der Waals surface area contributed by atoms with Crippen LogP contribution in [0.1, 0.15) is 54.6 Å². The summed E-state index contributed by atoms with van der Waals surface area (Å²) >= 11 is 0. The summed E-state index contributed by atoms with van der Waals surface area (Å²) in [5.41, 5.74) is 8.75. The van der Waals surface area contributed by atoms with Crippen molar-refractivity contribution in [3.8, 4) is 0 Å². The monoisotopic (exact) mass is 318 g/mol. The first-order valence-electron chi connectivity index (χ1n) is 8.32. The minimum atomic E-state index is -0.000359. The number of Topliss-reactive ketones (excluding diaryl/α,β-unsaturated/α-hetero) is 1. The quantitative estimate of drug-likeness (QED) is 0.749. The number of carbonyl (C=O) groups is 2. The standard InChI is InChI=1S/C19H30N2O2/c1-13(2)17(20)10-11-21(5)19(23)9-8-18(22)16-12-14(3)6-7-15(16)4/h6-7,12-13,17H,8-11,20H2,1-5H3. The van der Waals surface area contributed by atoms with Gasteiger partial charge in [-0.1, -0.05) is 31.5 Å². The van der Waals surface area contributed by atoms with Gasteiger partial charge in [0.1, 0.15) is 0 Å². The molecule has 1 atom stereocenters. The van der Waals surface area contributed by atoms with Gasteiger partial charge in [-0.05, 0) is 37.8 Å². The third kappa shape index (κ3) is 6.14. The number of aryl methyl sites for hydroxylation is 2. The fourth-order valence-electron chi connectivity index (χ4n) is 2.38. The second kappa shape index (κ2) is 8.82. The molecule has 0 bridgehead atoms. The van der Waals surface area contributed by atoms with Gasteiger partial charge in [-0.15, -0.1) is 0 Å². The van der Waals surface area contributed by atoms with Crippen molar-refractivity contribution < 1.29 is 9.59 Å². The summed E-state index contributed by atoms with van der Waals surface area (Å²) in [6, 6.07) is 5.93. The average molecular weight is 318 g/mol. The van der Waals surface area contributed by atoms with Crippen LogP contribution in [0.25, 0.3) is 0 Å². The Kier molecular flexibility index (Phi) is 7.43. The lowest BCUT2D eigenvalue weighted by Crippen LogP contribution is -2.34. The molecule has 0 aliphatic rings. The van der Waals surface area contributed by atoms with Crippen molar-refractivity contribution in [1.82, 2.24) is 4.90 Å². The second-order valence-corrected chi connectivity index (χ2v) is 6.75. The van der Waals surface area contributed by atoms with E-state index in [1.807, 2.05) is 32.0 Å².